The number of halogens is 1. The van der Waals surface area contributed by atoms with Gasteiger partial charge in [0.1, 0.15) is 17.3 Å². The molecule has 1 saturated heterocycles. The third-order valence-corrected chi connectivity index (χ3v) is 6.91. The first-order valence-corrected chi connectivity index (χ1v) is 12.8. The van der Waals surface area contributed by atoms with Crippen LogP contribution in [0.1, 0.15) is 37.4 Å². The van der Waals surface area contributed by atoms with Crippen molar-refractivity contribution >= 4 is 34.7 Å². The van der Waals surface area contributed by atoms with Gasteiger partial charge in [0.2, 0.25) is 0 Å². The zero-order valence-corrected chi connectivity index (χ0v) is 23.1. The van der Waals surface area contributed by atoms with Crippen LogP contribution in [0, 0.1) is 0 Å². The Labute approximate surface area is 224 Å². The van der Waals surface area contributed by atoms with Crippen LogP contribution in [0.2, 0.25) is 5.02 Å². The van der Waals surface area contributed by atoms with Gasteiger partial charge in [0.25, 0.3) is 11.7 Å². The van der Waals surface area contributed by atoms with E-state index in [2.05, 4.69) is 18.7 Å². The number of ketones is 1. The zero-order chi connectivity index (χ0) is 27.3. The molecule has 0 aliphatic carbocycles. The maximum Gasteiger partial charge on any atom is 0.295 e. The third kappa shape index (κ3) is 5.86. The number of aliphatic hydroxyl groups excluding tert-OH is 1. The number of amides is 1. The lowest BCUT2D eigenvalue weighted by Crippen LogP contribution is -2.32. The van der Waals surface area contributed by atoms with Crippen molar-refractivity contribution in [3.8, 4) is 11.5 Å². The molecule has 1 atom stereocenters. The first-order chi connectivity index (χ1) is 17.7. The number of anilines is 1. The monoisotopic (exact) mass is 529 g/mol. The van der Waals surface area contributed by atoms with Crippen molar-refractivity contribution in [1.82, 2.24) is 9.80 Å². The van der Waals surface area contributed by atoms with Crippen LogP contribution in [-0.2, 0) is 9.59 Å². The predicted octanol–water partition coefficient (Wildman–Crippen LogP) is 4.58. The number of methoxy groups -OCH3 is 2. The van der Waals surface area contributed by atoms with Gasteiger partial charge in [-0.25, -0.2) is 0 Å². The maximum atomic E-state index is 13.4. The number of hydrogen-bond donors (Lipinski definition) is 1. The summed E-state index contributed by atoms with van der Waals surface area (Å²) in [4.78, 5) is 32.4. The molecule has 2 aromatic carbocycles. The van der Waals surface area contributed by atoms with Crippen LogP contribution in [0.5, 0.6) is 11.5 Å². The van der Waals surface area contributed by atoms with E-state index < -0.39 is 17.7 Å². The summed E-state index contributed by atoms with van der Waals surface area (Å²) in [6, 6.07) is 10.1. The van der Waals surface area contributed by atoms with Crippen LogP contribution in [-0.4, -0.2) is 81.1 Å². The summed E-state index contributed by atoms with van der Waals surface area (Å²) in [6.07, 6.45) is 0.673. The second kappa shape index (κ2) is 12.3. The number of carbonyl (C=O) groups excluding carboxylic acids is 2. The van der Waals surface area contributed by atoms with Gasteiger partial charge in [0, 0.05) is 31.4 Å². The van der Waals surface area contributed by atoms with Crippen LogP contribution in [0.4, 0.5) is 5.69 Å². The highest BCUT2D eigenvalue weighted by Gasteiger charge is 2.46. The minimum absolute atomic E-state index is 0.00752. The Bertz CT molecular complexity index is 1160. The van der Waals surface area contributed by atoms with E-state index in [1.807, 2.05) is 43.3 Å². The average molecular weight is 530 g/mol. The Kier molecular flexibility index (Phi) is 9.45. The van der Waals surface area contributed by atoms with Crippen molar-refractivity contribution in [3.05, 3.63) is 58.1 Å². The maximum absolute atomic E-state index is 13.4. The van der Waals surface area contributed by atoms with Crippen molar-refractivity contribution in [3.63, 3.8) is 0 Å². The van der Waals surface area contributed by atoms with Gasteiger partial charge in [-0.05, 0) is 64.7 Å². The average Bonchev–Trinajstić information content (AvgIpc) is 3.14. The SMILES string of the molecule is CCN(CC)c1ccc(C2/C(=C(\O)c3cc(OC)c(Cl)cc3OC)C(=O)C(=O)N2CCCN(C)C)cc1. The molecular weight excluding hydrogens is 494 g/mol. The topological polar surface area (TPSA) is 82.5 Å². The van der Waals surface area contributed by atoms with E-state index in [4.69, 9.17) is 21.1 Å². The fourth-order valence-corrected chi connectivity index (χ4v) is 4.89. The van der Waals surface area contributed by atoms with Gasteiger partial charge in [0.15, 0.2) is 0 Å². The number of hydrogen-bond acceptors (Lipinski definition) is 7. The molecular formula is C28H36ClN3O5. The summed E-state index contributed by atoms with van der Waals surface area (Å²) >= 11 is 6.25. The first kappa shape index (κ1) is 28.3. The molecule has 2 aromatic rings. The number of carbonyl (C=O) groups is 2. The molecule has 37 heavy (non-hydrogen) atoms. The molecule has 1 fully saturated rings. The minimum atomic E-state index is -0.751. The number of rotatable bonds is 11. The van der Waals surface area contributed by atoms with E-state index >= 15 is 0 Å². The summed E-state index contributed by atoms with van der Waals surface area (Å²) in [7, 11) is 6.81. The van der Waals surface area contributed by atoms with E-state index in [0.717, 1.165) is 30.9 Å². The van der Waals surface area contributed by atoms with Crippen LogP contribution >= 0.6 is 11.6 Å². The normalized spacial score (nSPS) is 17.0. The lowest BCUT2D eigenvalue weighted by Gasteiger charge is -2.27. The van der Waals surface area contributed by atoms with Crippen molar-refractivity contribution in [1.29, 1.82) is 0 Å². The fraction of sp³-hybridized carbons (Fsp3) is 0.429. The smallest absolute Gasteiger partial charge is 0.295 e. The van der Waals surface area contributed by atoms with Gasteiger partial charge < -0.3 is 29.3 Å². The Morgan fingerprint density at radius 3 is 2.19 bits per heavy atom. The molecule has 1 unspecified atom stereocenters. The van der Waals surface area contributed by atoms with Gasteiger partial charge in [-0.15, -0.1) is 0 Å². The highest BCUT2D eigenvalue weighted by atomic mass is 35.5. The van der Waals surface area contributed by atoms with Gasteiger partial charge in [0.05, 0.1) is 36.4 Å². The largest absolute Gasteiger partial charge is 0.507 e. The Hall–Kier alpha value is -3.23. The number of nitrogens with zero attached hydrogens (tertiary/aromatic N) is 3. The van der Waals surface area contributed by atoms with Gasteiger partial charge in [-0.1, -0.05) is 23.7 Å². The van der Waals surface area contributed by atoms with Crippen molar-refractivity contribution in [2.45, 2.75) is 26.3 Å². The first-order valence-electron chi connectivity index (χ1n) is 12.4. The summed E-state index contributed by atoms with van der Waals surface area (Å²) in [6.45, 7) is 7.01. The summed E-state index contributed by atoms with van der Waals surface area (Å²) in [5.74, 6) is -1.14. The lowest BCUT2D eigenvalue weighted by molar-refractivity contribution is -0.139. The molecule has 200 valence electrons. The van der Waals surface area contributed by atoms with E-state index in [-0.39, 0.29) is 22.6 Å². The quantitative estimate of drug-likeness (QED) is 0.259. The van der Waals surface area contributed by atoms with E-state index in [1.54, 1.807) is 4.90 Å². The third-order valence-electron chi connectivity index (χ3n) is 6.61. The second-order valence-corrected chi connectivity index (χ2v) is 9.51. The number of likely N-dealkylation sites (tertiary alicyclic amines) is 1. The van der Waals surface area contributed by atoms with Crippen LogP contribution in [0.15, 0.2) is 42.0 Å². The Balaban J connectivity index is 2.18. The van der Waals surface area contributed by atoms with Crippen LogP contribution in [0.3, 0.4) is 0 Å². The van der Waals surface area contributed by atoms with E-state index in [1.165, 1.54) is 26.4 Å². The standard InChI is InChI=1S/C28H36ClN3O5/c1-7-31(8-2)19-12-10-18(11-13-19)25-24(27(34)28(35)32(25)15-9-14-30(3)4)26(33)20-16-23(37-6)21(29)17-22(20)36-5/h10-13,16-17,25,33H,7-9,14-15H2,1-6H3/b26-24+. The van der Waals surface area contributed by atoms with Crippen LogP contribution < -0.4 is 14.4 Å². The highest BCUT2D eigenvalue weighted by Crippen LogP contribution is 2.43. The van der Waals surface area contributed by atoms with Crippen molar-refractivity contribution in [2.75, 3.05) is 59.4 Å². The van der Waals surface area contributed by atoms with Gasteiger partial charge in [-0.3, -0.25) is 9.59 Å². The molecule has 1 amide bonds. The Morgan fingerprint density at radius 1 is 1.03 bits per heavy atom. The highest BCUT2D eigenvalue weighted by molar-refractivity contribution is 6.46. The molecule has 3 rings (SSSR count). The molecule has 0 saturated carbocycles. The van der Waals surface area contributed by atoms with Crippen LogP contribution in [0.25, 0.3) is 5.76 Å². The van der Waals surface area contributed by atoms with Gasteiger partial charge in [-0.2, -0.15) is 0 Å². The summed E-state index contributed by atoms with van der Waals surface area (Å²) in [5, 5.41) is 11.8. The second-order valence-electron chi connectivity index (χ2n) is 9.10. The molecule has 0 aromatic heterocycles. The molecule has 0 spiro atoms. The molecule has 8 nitrogen and oxygen atoms in total. The minimum Gasteiger partial charge on any atom is -0.507 e. The number of benzene rings is 2. The van der Waals surface area contributed by atoms with Crippen molar-refractivity contribution in [2.24, 2.45) is 0 Å². The summed E-state index contributed by atoms with van der Waals surface area (Å²) < 4.78 is 10.8. The lowest BCUT2D eigenvalue weighted by atomic mass is 9.94. The number of Topliss-reactive ketones (excluding diaryl/α,β-unsaturated/α-hetero) is 1. The number of aliphatic hydroxyl groups is 1. The molecule has 0 radical (unpaired) electrons. The van der Waals surface area contributed by atoms with Gasteiger partial charge >= 0.3 is 0 Å². The number of ether oxygens (including phenoxy) is 2. The zero-order valence-electron chi connectivity index (χ0n) is 22.4. The summed E-state index contributed by atoms with van der Waals surface area (Å²) in [5.41, 5.74) is 2.01. The molecule has 1 heterocycles. The molecule has 1 aliphatic heterocycles. The van der Waals surface area contributed by atoms with E-state index in [0.29, 0.717) is 23.7 Å². The molecule has 0 bridgehead atoms. The molecule has 9 heteroatoms. The molecule has 1 N–H and O–H groups in total. The predicted molar refractivity (Wildman–Crippen MR) is 147 cm³/mol. The van der Waals surface area contributed by atoms with E-state index in [9.17, 15) is 14.7 Å². The Morgan fingerprint density at radius 2 is 1.65 bits per heavy atom. The van der Waals surface area contributed by atoms with Crippen molar-refractivity contribution < 1.29 is 24.2 Å². The molecule has 1 aliphatic rings. The fourth-order valence-electron chi connectivity index (χ4n) is 4.66.